The first-order valence-corrected chi connectivity index (χ1v) is 11.9. The lowest BCUT2D eigenvalue weighted by Crippen LogP contribution is -2.54. The molecule has 0 unspecified atom stereocenters. The molecule has 11 heteroatoms. The van der Waals surface area contributed by atoms with Gasteiger partial charge in [0.2, 0.25) is 17.7 Å². The first-order chi connectivity index (χ1) is 15.0. The lowest BCUT2D eigenvalue weighted by atomic mass is 10.1. The minimum absolute atomic E-state index is 0.130. The molecule has 1 fully saturated rings. The lowest BCUT2D eigenvalue weighted by Gasteiger charge is -2.28. The average Bonchev–Trinajstić information content (AvgIpc) is 3.28. The second-order valence-electron chi connectivity index (χ2n) is 7.02. The Morgan fingerprint density at radius 3 is 2.74 bits per heavy atom. The molecule has 2 atom stereocenters. The van der Waals surface area contributed by atoms with Crippen LogP contribution in [0.2, 0.25) is 0 Å². The Morgan fingerprint density at radius 2 is 2.03 bits per heavy atom. The number of rotatable bonds is 8. The number of nitrogens with one attached hydrogen (secondary N) is 3. The Balaban J connectivity index is 1.72. The molecule has 2 heterocycles. The van der Waals surface area contributed by atoms with E-state index >= 15 is 0 Å². The summed E-state index contributed by atoms with van der Waals surface area (Å²) in [6, 6.07) is 8.44. The monoisotopic (exact) mass is 462 g/mol. The highest BCUT2D eigenvalue weighted by molar-refractivity contribution is 8.01. The van der Waals surface area contributed by atoms with Crippen LogP contribution in [0.5, 0.6) is 0 Å². The van der Waals surface area contributed by atoms with Gasteiger partial charge in [0.25, 0.3) is 0 Å². The average molecular weight is 463 g/mol. The third-order valence-electron chi connectivity index (χ3n) is 4.90. The van der Waals surface area contributed by atoms with Crippen molar-refractivity contribution in [3.05, 3.63) is 40.9 Å². The maximum absolute atomic E-state index is 13.1. The van der Waals surface area contributed by atoms with Gasteiger partial charge in [-0.3, -0.25) is 14.4 Å². The fourth-order valence-corrected chi connectivity index (χ4v) is 5.07. The van der Waals surface area contributed by atoms with E-state index in [0.717, 1.165) is 23.1 Å². The molecule has 31 heavy (non-hydrogen) atoms. The van der Waals surface area contributed by atoms with Gasteiger partial charge in [-0.25, -0.2) is 0 Å². The van der Waals surface area contributed by atoms with E-state index < -0.39 is 12.1 Å². The van der Waals surface area contributed by atoms with Crippen LogP contribution in [-0.2, 0) is 14.4 Å². The van der Waals surface area contributed by atoms with Crippen LogP contribution in [0, 0.1) is 0 Å². The van der Waals surface area contributed by atoms with Crippen molar-refractivity contribution in [3.8, 4) is 0 Å². The summed E-state index contributed by atoms with van der Waals surface area (Å²) in [5.74, 6) is 0.149. The number of carbonyl (C=O) groups excluding carboxylic acids is 3. The predicted molar refractivity (Wildman–Crippen MR) is 123 cm³/mol. The molecule has 0 aliphatic carbocycles. The highest BCUT2D eigenvalue weighted by atomic mass is 32.2. The number of hydrogen-bond acceptors (Lipinski definition) is 8. The molecule has 0 radical (unpaired) electrons. The molecule has 1 saturated heterocycles. The van der Waals surface area contributed by atoms with Crippen molar-refractivity contribution in [1.82, 2.24) is 20.9 Å². The summed E-state index contributed by atoms with van der Waals surface area (Å²) in [6.45, 7) is 2.34. The van der Waals surface area contributed by atoms with Gasteiger partial charge < -0.3 is 20.9 Å². The normalized spacial score (nSPS) is 19.3. The largest absolute Gasteiger partial charge is 0.343 e. The van der Waals surface area contributed by atoms with Crippen molar-refractivity contribution in [3.63, 3.8) is 0 Å². The molecule has 2 aliphatic rings. The second-order valence-corrected chi connectivity index (χ2v) is 8.77. The fourth-order valence-electron chi connectivity index (χ4n) is 3.27. The van der Waals surface area contributed by atoms with Crippen molar-refractivity contribution >= 4 is 47.0 Å². The maximum atomic E-state index is 13.1. The molecule has 0 bridgehead atoms. The Hall–Kier alpha value is -2.37. The van der Waals surface area contributed by atoms with Gasteiger partial charge >= 0.3 is 0 Å². The summed E-state index contributed by atoms with van der Waals surface area (Å²) in [7, 11) is 1.67. The molecular formula is C20H26N6O3S2. The van der Waals surface area contributed by atoms with Crippen LogP contribution >= 0.6 is 23.7 Å². The van der Waals surface area contributed by atoms with Crippen LogP contribution < -0.4 is 16.0 Å². The van der Waals surface area contributed by atoms with Crippen molar-refractivity contribution in [2.24, 2.45) is 9.63 Å². The summed E-state index contributed by atoms with van der Waals surface area (Å²) in [5, 5.41) is 13.2. The second kappa shape index (κ2) is 11.3. The summed E-state index contributed by atoms with van der Waals surface area (Å²) >= 11 is 2.64. The van der Waals surface area contributed by atoms with Gasteiger partial charge in [-0.2, -0.15) is 5.11 Å². The molecule has 0 aromatic heterocycles. The number of thioether (sulfide) groups is 1. The summed E-state index contributed by atoms with van der Waals surface area (Å²) in [5.41, 5.74) is 1.86. The van der Waals surface area contributed by atoms with E-state index in [0.29, 0.717) is 29.6 Å². The van der Waals surface area contributed by atoms with Crippen molar-refractivity contribution in [1.29, 1.82) is 0 Å². The van der Waals surface area contributed by atoms with E-state index in [-0.39, 0.29) is 24.3 Å². The Bertz CT molecular complexity index is 877. The minimum Gasteiger partial charge on any atom is -0.343 e. The van der Waals surface area contributed by atoms with E-state index in [2.05, 4.69) is 25.6 Å². The van der Waals surface area contributed by atoms with E-state index in [1.807, 2.05) is 37.3 Å². The molecule has 0 spiro atoms. The predicted octanol–water partition coefficient (Wildman–Crippen LogP) is 1.60. The highest BCUT2D eigenvalue weighted by Gasteiger charge is 2.38. The third kappa shape index (κ3) is 5.86. The molecule has 3 N–H and O–H groups in total. The first kappa shape index (κ1) is 23.3. The van der Waals surface area contributed by atoms with Crippen molar-refractivity contribution < 1.29 is 14.4 Å². The molecule has 3 amide bonds. The van der Waals surface area contributed by atoms with Crippen LogP contribution in [-0.4, -0.2) is 66.5 Å². The van der Waals surface area contributed by atoms with E-state index in [4.69, 9.17) is 0 Å². The number of nitrogens with zero attached hydrogens (tertiary/aromatic N) is 3. The zero-order chi connectivity index (χ0) is 22.2. The fraction of sp³-hybridized carbons (Fsp3) is 0.450. The molecule has 0 saturated carbocycles. The van der Waals surface area contributed by atoms with Crippen LogP contribution in [0.1, 0.15) is 18.9 Å². The van der Waals surface area contributed by atoms with Gasteiger partial charge in [-0.05, 0) is 19.0 Å². The van der Waals surface area contributed by atoms with Crippen molar-refractivity contribution in [2.75, 3.05) is 31.8 Å². The Kier molecular flexibility index (Phi) is 8.50. The highest BCUT2D eigenvalue weighted by Crippen LogP contribution is 2.31. The van der Waals surface area contributed by atoms with Gasteiger partial charge in [0.05, 0.1) is 30.9 Å². The first-order valence-electron chi connectivity index (χ1n) is 10.0. The minimum atomic E-state index is -0.660. The van der Waals surface area contributed by atoms with Crippen LogP contribution in [0.15, 0.2) is 45.0 Å². The van der Waals surface area contributed by atoms with Crippen molar-refractivity contribution in [2.45, 2.75) is 25.4 Å². The molecule has 9 nitrogen and oxygen atoms in total. The van der Waals surface area contributed by atoms with Gasteiger partial charge in [0.1, 0.15) is 17.1 Å². The van der Waals surface area contributed by atoms with Crippen LogP contribution in [0.25, 0.3) is 5.57 Å². The van der Waals surface area contributed by atoms with E-state index in [9.17, 15) is 14.4 Å². The van der Waals surface area contributed by atoms with E-state index in [1.54, 1.807) is 11.9 Å². The van der Waals surface area contributed by atoms with Crippen LogP contribution in [0.3, 0.4) is 0 Å². The molecule has 2 aliphatic heterocycles. The lowest BCUT2D eigenvalue weighted by molar-refractivity contribution is -0.140. The Morgan fingerprint density at radius 1 is 1.26 bits per heavy atom. The van der Waals surface area contributed by atoms with Gasteiger partial charge in [0, 0.05) is 11.3 Å². The summed E-state index contributed by atoms with van der Waals surface area (Å²) in [6.07, 6.45) is 0.448. The quantitative estimate of drug-likeness (QED) is 0.506. The van der Waals surface area contributed by atoms with E-state index in [1.165, 1.54) is 11.8 Å². The molecule has 1 aromatic carbocycles. The number of carbonyl (C=O) groups is 3. The van der Waals surface area contributed by atoms with Gasteiger partial charge in [0.15, 0.2) is 0 Å². The molecule has 3 rings (SSSR count). The third-order valence-corrected chi connectivity index (χ3v) is 6.64. The zero-order valence-corrected chi connectivity index (χ0v) is 19.1. The topological polar surface area (TPSA) is 115 Å². The van der Waals surface area contributed by atoms with Gasteiger partial charge in [-0.1, -0.05) is 37.3 Å². The number of benzene rings is 1. The molecule has 166 valence electrons. The SMILES string of the molecule is CC[C@H](NC(=O)CNC)C(=O)N1CSC[C@H]1C(=O)NC1=C(c2ccccc2)CN=NS1. The number of hydrogen-bond donors (Lipinski definition) is 3. The van der Waals surface area contributed by atoms with Gasteiger partial charge in [-0.15, -0.1) is 16.3 Å². The van der Waals surface area contributed by atoms with Crippen LogP contribution in [0.4, 0.5) is 0 Å². The number of amides is 3. The summed E-state index contributed by atoms with van der Waals surface area (Å²) in [4.78, 5) is 39.6. The standard InChI is InChI=1S/C20H26N6O3S2/c1-3-15(23-17(27)10-21-2)20(29)26-12-30-11-16(26)18(28)24-19-14(9-22-25-31-19)13-7-5-4-6-8-13/h4-8,15-16,21H,3,9-12H2,1-2H3,(H,23,27)(H,24,28)/t15-,16-/m0/s1. The molecule has 1 aromatic rings. The zero-order valence-electron chi connectivity index (χ0n) is 17.5. The summed E-state index contributed by atoms with van der Waals surface area (Å²) < 4.78 is 3.99. The maximum Gasteiger partial charge on any atom is 0.248 e. The number of likely N-dealkylation sites (N-methyl/N-ethyl adjacent to an activating group) is 1. The smallest absolute Gasteiger partial charge is 0.248 e. The Labute approximate surface area is 190 Å². The molecular weight excluding hydrogens is 436 g/mol.